The number of urea groups is 1. The summed E-state index contributed by atoms with van der Waals surface area (Å²) >= 11 is 0. The van der Waals surface area contributed by atoms with Gasteiger partial charge in [0.25, 0.3) is 0 Å². The molecule has 1 aliphatic rings. The Hall–Kier alpha value is -1.97. The van der Waals surface area contributed by atoms with Gasteiger partial charge in [-0.25, -0.2) is 4.79 Å². The molecule has 4 nitrogen and oxygen atoms in total. The summed E-state index contributed by atoms with van der Waals surface area (Å²) in [6.45, 7) is 1.64. The van der Waals surface area contributed by atoms with Crippen LogP contribution in [0.3, 0.4) is 0 Å². The Kier molecular flexibility index (Phi) is 4.99. The number of amides is 2. The highest BCUT2D eigenvalue weighted by molar-refractivity contribution is 5.79. The number of carbonyl (C=O) groups excluding carboxylic acids is 1. The molecule has 0 aliphatic heterocycles. The number of para-hydroxylation sites is 1. The number of nitrogens with zero attached hydrogens (tertiary/aromatic N) is 1. The summed E-state index contributed by atoms with van der Waals surface area (Å²) in [4.78, 5) is 11.9. The first kappa shape index (κ1) is 14.9. The van der Waals surface area contributed by atoms with Crippen molar-refractivity contribution in [3.63, 3.8) is 0 Å². The number of fused-ring (bicyclic) bond motifs is 1. The predicted octanol–water partition coefficient (Wildman–Crippen LogP) is 3.66. The van der Waals surface area contributed by atoms with Crippen molar-refractivity contribution in [2.75, 3.05) is 6.54 Å². The van der Waals surface area contributed by atoms with Crippen LogP contribution < -0.4 is 10.6 Å². The molecular weight excluding hydrogens is 274 g/mol. The van der Waals surface area contributed by atoms with Gasteiger partial charge in [0, 0.05) is 30.8 Å². The van der Waals surface area contributed by atoms with Gasteiger partial charge in [0.05, 0.1) is 0 Å². The third-order valence-electron chi connectivity index (χ3n) is 4.48. The van der Waals surface area contributed by atoms with Crippen molar-refractivity contribution in [1.29, 1.82) is 0 Å². The average molecular weight is 299 g/mol. The van der Waals surface area contributed by atoms with Crippen LogP contribution in [0.5, 0.6) is 0 Å². The van der Waals surface area contributed by atoms with Crippen LogP contribution in [0.2, 0.25) is 0 Å². The van der Waals surface area contributed by atoms with Crippen LogP contribution in [0.15, 0.2) is 36.5 Å². The Morgan fingerprint density at radius 1 is 1.14 bits per heavy atom. The quantitative estimate of drug-likeness (QED) is 0.813. The second-order valence-electron chi connectivity index (χ2n) is 6.16. The first-order valence-electron chi connectivity index (χ1n) is 8.41. The third kappa shape index (κ3) is 3.81. The van der Waals surface area contributed by atoms with Crippen molar-refractivity contribution < 1.29 is 4.79 Å². The molecule has 22 heavy (non-hydrogen) atoms. The second-order valence-corrected chi connectivity index (χ2v) is 6.16. The predicted molar refractivity (Wildman–Crippen MR) is 90.0 cm³/mol. The Labute approximate surface area is 131 Å². The first-order chi connectivity index (χ1) is 10.8. The molecule has 1 saturated carbocycles. The lowest BCUT2D eigenvalue weighted by molar-refractivity contribution is 0.232. The molecule has 3 rings (SSSR count). The molecule has 0 radical (unpaired) electrons. The second kappa shape index (κ2) is 7.34. The van der Waals surface area contributed by atoms with Gasteiger partial charge in [-0.1, -0.05) is 37.5 Å². The van der Waals surface area contributed by atoms with Crippen LogP contribution in [0, 0.1) is 0 Å². The van der Waals surface area contributed by atoms with Gasteiger partial charge in [0.1, 0.15) is 0 Å². The monoisotopic (exact) mass is 299 g/mol. The van der Waals surface area contributed by atoms with Crippen molar-refractivity contribution in [1.82, 2.24) is 15.2 Å². The van der Waals surface area contributed by atoms with Crippen LogP contribution in [0.25, 0.3) is 10.9 Å². The minimum atomic E-state index is -0.00994. The normalized spacial score (nSPS) is 15.8. The van der Waals surface area contributed by atoms with Gasteiger partial charge in [-0.3, -0.25) is 0 Å². The number of hydrogen-bond acceptors (Lipinski definition) is 1. The third-order valence-corrected chi connectivity index (χ3v) is 4.48. The van der Waals surface area contributed by atoms with E-state index >= 15 is 0 Å². The van der Waals surface area contributed by atoms with E-state index in [4.69, 9.17) is 0 Å². The summed E-state index contributed by atoms with van der Waals surface area (Å²) < 4.78 is 2.25. The number of aryl methyl sites for hydroxylation is 1. The van der Waals surface area contributed by atoms with Crippen LogP contribution in [-0.2, 0) is 6.54 Å². The molecule has 2 aromatic rings. The molecule has 1 aromatic carbocycles. The van der Waals surface area contributed by atoms with Crippen molar-refractivity contribution in [2.45, 2.75) is 51.1 Å². The van der Waals surface area contributed by atoms with Crippen molar-refractivity contribution in [3.05, 3.63) is 36.5 Å². The largest absolute Gasteiger partial charge is 0.347 e. The summed E-state index contributed by atoms with van der Waals surface area (Å²) in [7, 11) is 0. The van der Waals surface area contributed by atoms with Crippen LogP contribution in [-0.4, -0.2) is 23.2 Å². The van der Waals surface area contributed by atoms with Gasteiger partial charge >= 0.3 is 6.03 Å². The Balaban J connectivity index is 1.39. The van der Waals surface area contributed by atoms with E-state index in [9.17, 15) is 4.79 Å². The van der Waals surface area contributed by atoms with E-state index in [-0.39, 0.29) is 6.03 Å². The van der Waals surface area contributed by atoms with Gasteiger partial charge in [0.2, 0.25) is 0 Å². The molecule has 1 fully saturated rings. The molecule has 118 valence electrons. The topological polar surface area (TPSA) is 46.1 Å². The van der Waals surface area contributed by atoms with E-state index in [0.29, 0.717) is 12.6 Å². The zero-order valence-corrected chi connectivity index (χ0v) is 13.1. The number of hydrogen-bond donors (Lipinski definition) is 2. The van der Waals surface area contributed by atoms with Gasteiger partial charge in [-0.2, -0.15) is 0 Å². The summed E-state index contributed by atoms with van der Waals surface area (Å²) in [5.41, 5.74) is 1.26. The van der Waals surface area contributed by atoms with Gasteiger partial charge in [-0.15, -0.1) is 0 Å². The minimum Gasteiger partial charge on any atom is -0.347 e. The molecule has 0 saturated heterocycles. The summed E-state index contributed by atoms with van der Waals surface area (Å²) in [5.74, 6) is 0. The van der Waals surface area contributed by atoms with Gasteiger partial charge in [-0.05, 0) is 36.8 Å². The highest BCUT2D eigenvalue weighted by Crippen LogP contribution is 2.17. The molecule has 0 spiro atoms. The number of nitrogens with one attached hydrogen (secondary N) is 2. The van der Waals surface area contributed by atoms with E-state index < -0.39 is 0 Å². The lowest BCUT2D eigenvalue weighted by Gasteiger charge is -2.22. The summed E-state index contributed by atoms with van der Waals surface area (Å²) in [6, 6.07) is 10.9. The van der Waals surface area contributed by atoms with Crippen molar-refractivity contribution in [3.8, 4) is 0 Å². The maximum atomic E-state index is 11.9. The highest BCUT2D eigenvalue weighted by Gasteiger charge is 2.14. The van der Waals surface area contributed by atoms with E-state index in [0.717, 1.165) is 25.8 Å². The van der Waals surface area contributed by atoms with E-state index in [2.05, 4.69) is 51.7 Å². The Bertz CT molecular complexity index is 614. The number of carbonyl (C=O) groups is 1. The van der Waals surface area contributed by atoms with E-state index in [1.807, 2.05) is 0 Å². The molecule has 0 bridgehead atoms. The maximum absolute atomic E-state index is 11.9. The van der Waals surface area contributed by atoms with Crippen LogP contribution in [0.4, 0.5) is 4.79 Å². The van der Waals surface area contributed by atoms with E-state index in [1.54, 1.807) is 0 Å². The molecule has 2 amide bonds. The Morgan fingerprint density at radius 2 is 1.95 bits per heavy atom. The molecule has 0 atom stereocenters. The average Bonchev–Trinajstić information content (AvgIpc) is 2.96. The highest BCUT2D eigenvalue weighted by atomic mass is 16.2. The fraction of sp³-hybridized carbons (Fsp3) is 0.500. The lowest BCUT2D eigenvalue weighted by atomic mass is 9.96. The molecule has 4 heteroatoms. The fourth-order valence-corrected chi connectivity index (χ4v) is 3.27. The Morgan fingerprint density at radius 3 is 2.82 bits per heavy atom. The molecule has 1 aromatic heterocycles. The molecular formula is C18H25N3O. The number of rotatable bonds is 5. The van der Waals surface area contributed by atoms with Crippen molar-refractivity contribution >= 4 is 16.9 Å². The van der Waals surface area contributed by atoms with Gasteiger partial charge < -0.3 is 15.2 Å². The molecule has 0 unspecified atom stereocenters. The molecule has 1 aliphatic carbocycles. The first-order valence-corrected chi connectivity index (χ1v) is 8.41. The molecule has 1 heterocycles. The minimum absolute atomic E-state index is 0.00994. The maximum Gasteiger partial charge on any atom is 0.315 e. The smallest absolute Gasteiger partial charge is 0.315 e. The van der Waals surface area contributed by atoms with Gasteiger partial charge in [0.15, 0.2) is 0 Å². The number of aromatic nitrogens is 1. The van der Waals surface area contributed by atoms with Crippen LogP contribution >= 0.6 is 0 Å². The zero-order valence-electron chi connectivity index (χ0n) is 13.1. The van der Waals surface area contributed by atoms with Crippen LogP contribution in [0.1, 0.15) is 38.5 Å². The molecule has 2 N–H and O–H groups in total. The zero-order chi connectivity index (χ0) is 15.2. The van der Waals surface area contributed by atoms with Crippen molar-refractivity contribution in [2.24, 2.45) is 0 Å². The fourth-order valence-electron chi connectivity index (χ4n) is 3.27. The SMILES string of the molecule is O=C(NCCCn1ccc2ccccc21)NC1CCCCC1. The summed E-state index contributed by atoms with van der Waals surface area (Å²) in [6.07, 6.45) is 9.11. The number of benzene rings is 1. The lowest BCUT2D eigenvalue weighted by Crippen LogP contribution is -2.43. The van der Waals surface area contributed by atoms with E-state index in [1.165, 1.54) is 30.2 Å². The summed E-state index contributed by atoms with van der Waals surface area (Å²) in [5, 5.41) is 7.33. The standard InChI is InChI=1S/C18H25N3O/c22-18(20-16-8-2-1-3-9-16)19-12-6-13-21-14-11-15-7-4-5-10-17(15)21/h4-5,7,10-11,14,16H,1-3,6,8-9,12-13H2,(H2,19,20,22).